The maximum Gasteiger partial charge on any atom is 0.248 e. The minimum atomic E-state index is -1.27. The van der Waals surface area contributed by atoms with Crippen LogP contribution in [0.15, 0.2) is 47.2 Å². The van der Waals surface area contributed by atoms with Crippen LogP contribution in [0, 0.1) is 5.41 Å². The van der Waals surface area contributed by atoms with Gasteiger partial charge in [0.15, 0.2) is 0 Å². The molecule has 3 heterocycles. The zero-order valence-electron chi connectivity index (χ0n) is 21.6. The lowest BCUT2D eigenvalue weighted by Gasteiger charge is -2.55. The second-order valence-electron chi connectivity index (χ2n) is 10.4. The van der Waals surface area contributed by atoms with E-state index in [0.29, 0.717) is 41.7 Å². The summed E-state index contributed by atoms with van der Waals surface area (Å²) in [6, 6.07) is 10.1. The summed E-state index contributed by atoms with van der Waals surface area (Å²) in [5.74, 6) is 0.767. The molecule has 9 nitrogen and oxygen atoms in total. The van der Waals surface area contributed by atoms with Gasteiger partial charge in [0, 0.05) is 62.0 Å². The number of hydrogen-bond acceptors (Lipinski definition) is 8. The van der Waals surface area contributed by atoms with E-state index >= 15 is 0 Å². The Balaban J connectivity index is 1.65. The van der Waals surface area contributed by atoms with Gasteiger partial charge in [-0.25, -0.2) is 0 Å². The van der Waals surface area contributed by atoms with E-state index in [4.69, 9.17) is 9.63 Å². The molecule has 36 heavy (non-hydrogen) atoms. The monoisotopic (exact) mass is 493 g/mol. The Morgan fingerprint density at radius 3 is 2.53 bits per heavy atom. The highest BCUT2D eigenvalue weighted by Crippen LogP contribution is 2.50. The molecule has 0 bridgehead atoms. The topological polar surface area (TPSA) is 116 Å². The minimum Gasteiger partial charge on any atom is -0.387 e. The summed E-state index contributed by atoms with van der Waals surface area (Å²) in [7, 11) is 3.65. The largest absolute Gasteiger partial charge is 0.387 e. The van der Waals surface area contributed by atoms with Gasteiger partial charge in [0.05, 0.1) is 0 Å². The van der Waals surface area contributed by atoms with Gasteiger partial charge in [0.1, 0.15) is 12.2 Å². The third-order valence-electron chi connectivity index (χ3n) is 7.21. The van der Waals surface area contributed by atoms with Crippen molar-refractivity contribution in [2.45, 2.75) is 38.7 Å². The molecular weight excluding hydrogens is 458 g/mol. The van der Waals surface area contributed by atoms with E-state index in [9.17, 15) is 9.90 Å². The molecule has 1 atom stereocenters. The number of hydrogen-bond donors (Lipinski definition) is 2. The Labute approximate surface area is 211 Å². The molecule has 1 amide bonds. The van der Waals surface area contributed by atoms with E-state index < -0.39 is 17.6 Å². The normalized spacial score (nSPS) is 17.0. The number of aliphatic hydroxyl groups excluding tert-OH is 1. The number of carbonyl (C=O) groups is 1. The quantitative estimate of drug-likeness (QED) is 0.467. The highest BCUT2D eigenvalue weighted by atomic mass is 16.5. The summed E-state index contributed by atoms with van der Waals surface area (Å²) in [5.41, 5.74) is 1.68. The Morgan fingerprint density at radius 1 is 1.22 bits per heavy atom. The van der Waals surface area contributed by atoms with E-state index in [1.54, 1.807) is 19.4 Å². The molecule has 0 spiro atoms. The SMILES string of the molecule is CC(C)c1ccc(C(O)(c2cncc(-c3noc(CCN(C)C(=O)CO)n3)c2)C2(C)CN(C)C2)cc1. The molecule has 1 saturated heterocycles. The second-order valence-corrected chi connectivity index (χ2v) is 10.4. The van der Waals surface area contributed by atoms with Gasteiger partial charge in [-0.1, -0.05) is 50.2 Å². The number of aliphatic hydroxyl groups is 2. The van der Waals surface area contributed by atoms with Gasteiger partial charge in [-0.2, -0.15) is 4.98 Å². The van der Waals surface area contributed by atoms with Crippen molar-refractivity contribution in [3.63, 3.8) is 0 Å². The number of likely N-dealkylation sites (tertiary alicyclic amines) is 1. The number of aromatic nitrogens is 3. The van der Waals surface area contributed by atoms with Crippen LogP contribution in [0.1, 0.15) is 49.3 Å². The van der Waals surface area contributed by atoms with Crippen LogP contribution < -0.4 is 0 Å². The molecule has 0 saturated carbocycles. The van der Waals surface area contributed by atoms with Crippen LogP contribution in [-0.2, 0) is 16.8 Å². The summed E-state index contributed by atoms with van der Waals surface area (Å²) in [6.07, 6.45) is 3.72. The molecule has 1 aromatic carbocycles. The van der Waals surface area contributed by atoms with Crippen molar-refractivity contribution in [3.05, 3.63) is 65.3 Å². The summed E-state index contributed by atoms with van der Waals surface area (Å²) in [4.78, 5) is 24.1. The lowest BCUT2D eigenvalue weighted by Crippen LogP contribution is -2.63. The van der Waals surface area contributed by atoms with Gasteiger partial charge in [0.25, 0.3) is 0 Å². The van der Waals surface area contributed by atoms with Crippen molar-refractivity contribution in [3.8, 4) is 11.4 Å². The van der Waals surface area contributed by atoms with E-state index in [2.05, 4.69) is 52.9 Å². The zero-order chi connectivity index (χ0) is 26.1. The van der Waals surface area contributed by atoms with Gasteiger partial charge in [-0.3, -0.25) is 9.78 Å². The first kappa shape index (κ1) is 25.9. The fraction of sp³-hybridized carbons (Fsp3) is 0.481. The Kier molecular flexibility index (Phi) is 7.26. The van der Waals surface area contributed by atoms with Crippen LogP contribution in [0.2, 0.25) is 0 Å². The van der Waals surface area contributed by atoms with Crippen molar-refractivity contribution < 1.29 is 19.5 Å². The molecule has 4 rings (SSSR count). The average Bonchev–Trinajstić information content (AvgIpc) is 3.34. The maximum absolute atomic E-state index is 12.4. The van der Waals surface area contributed by atoms with Crippen molar-refractivity contribution in [2.24, 2.45) is 5.41 Å². The third-order valence-corrected chi connectivity index (χ3v) is 7.21. The van der Waals surface area contributed by atoms with Crippen LogP contribution in [0.5, 0.6) is 0 Å². The molecule has 0 aliphatic carbocycles. The van der Waals surface area contributed by atoms with Crippen LogP contribution in [0.25, 0.3) is 11.4 Å². The number of rotatable bonds is 9. The summed E-state index contributed by atoms with van der Waals surface area (Å²) < 4.78 is 5.38. The molecule has 3 aromatic rings. The standard InChI is InChI=1S/C27H35N5O4/c1-18(2)19-6-8-21(9-7-19)27(35,26(3)16-31(4)17-26)22-12-20(13-28-14-22)25-29-23(36-30-25)10-11-32(5)24(34)15-33/h6-9,12-14,18,33,35H,10-11,15-17H2,1-5H3. The van der Waals surface area contributed by atoms with Crippen LogP contribution in [0.4, 0.5) is 0 Å². The van der Waals surface area contributed by atoms with Gasteiger partial charge in [0.2, 0.25) is 17.6 Å². The van der Waals surface area contributed by atoms with Crippen LogP contribution in [-0.4, -0.2) is 81.4 Å². The lowest BCUT2D eigenvalue weighted by atomic mass is 9.62. The molecular formula is C27H35N5O4. The Bertz CT molecular complexity index is 1200. The minimum absolute atomic E-state index is 0.345. The average molecular weight is 494 g/mol. The maximum atomic E-state index is 12.4. The Morgan fingerprint density at radius 2 is 1.92 bits per heavy atom. The predicted octanol–water partition coefficient (Wildman–Crippen LogP) is 2.44. The molecule has 9 heteroatoms. The predicted molar refractivity (Wildman–Crippen MR) is 135 cm³/mol. The van der Waals surface area contributed by atoms with E-state index in [0.717, 1.165) is 18.7 Å². The number of carbonyl (C=O) groups excluding carboxylic acids is 1. The van der Waals surface area contributed by atoms with Gasteiger partial charge in [-0.15, -0.1) is 0 Å². The third kappa shape index (κ3) is 4.78. The Hall–Kier alpha value is -3.14. The van der Waals surface area contributed by atoms with Gasteiger partial charge in [-0.05, 0) is 30.2 Å². The number of nitrogens with zero attached hydrogens (tertiary/aromatic N) is 5. The van der Waals surface area contributed by atoms with Crippen LogP contribution in [0.3, 0.4) is 0 Å². The smallest absolute Gasteiger partial charge is 0.248 e. The molecule has 1 fully saturated rings. The number of likely N-dealkylation sites (N-methyl/N-ethyl adjacent to an activating group) is 1. The van der Waals surface area contributed by atoms with E-state index in [1.165, 1.54) is 10.5 Å². The van der Waals surface area contributed by atoms with Gasteiger partial charge < -0.3 is 24.5 Å². The second kappa shape index (κ2) is 10.1. The molecule has 2 aromatic heterocycles. The fourth-order valence-electron chi connectivity index (χ4n) is 5.09. The highest BCUT2D eigenvalue weighted by molar-refractivity contribution is 5.76. The number of amides is 1. The molecule has 1 aliphatic rings. The molecule has 0 radical (unpaired) electrons. The first-order chi connectivity index (χ1) is 17.1. The highest BCUT2D eigenvalue weighted by Gasteiger charge is 2.55. The fourth-order valence-corrected chi connectivity index (χ4v) is 5.09. The number of benzene rings is 1. The van der Waals surface area contributed by atoms with Crippen molar-refractivity contribution in [1.82, 2.24) is 24.9 Å². The molecule has 2 N–H and O–H groups in total. The molecule has 1 aliphatic heterocycles. The molecule has 192 valence electrons. The van der Waals surface area contributed by atoms with E-state index in [-0.39, 0.29) is 5.91 Å². The number of pyridine rings is 1. The first-order valence-corrected chi connectivity index (χ1v) is 12.2. The zero-order valence-corrected chi connectivity index (χ0v) is 21.6. The van der Waals surface area contributed by atoms with E-state index in [1.807, 2.05) is 25.2 Å². The lowest BCUT2D eigenvalue weighted by molar-refractivity contribution is -0.132. The van der Waals surface area contributed by atoms with Crippen molar-refractivity contribution in [1.29, 1.82) is 0 Å². The summed E-state index contributed by atoms with van der Waals surface area (Å²) in [5, 5.41) is 25.5. The molecule has 1 unspecified atom stereocenters. The van der Waals surface area contributed by atoms with Crippen molar-refractivity contribution >= 4 is 5.91 Å². The van der Waals surface area contributed by atoms with Gasteiger partial charge >= 0.3 is 0 Å². The summed E-state index contributed by atoms with van der Waals surface area (Å²) >= 11 is 0. The van der Waals surface area contributed by atoms with Crippen molar-refractivity contribution in [2.75, 3.05) is 40.3 Å². The first-order valence-electron chi connectivity index (χ1n) is 12.2. The summed E-state index contributed by atoms with van der Waals surface area (Å²) in [6.45, 7) is 7.70. The van der Waals surface area contributed by atoms with Crippen LogP contribution >= 0.6 is 0 Å².